The molecule has 13 heavy (non-hydrogen) atoms. The van der Waals surface area contributed by atoms with Crippen molar-refractivity contribution in [3.05, 3.63) is 29.6 Å². The summed E-state index contributed by atoms with van der Waals surface area (Å²) in [7, 11) is 1.18. The number of aromatic carboxylic acids is 1. The Hall–Kier alpha value is -1.91. The minimum absolute atomic E-state index is 0.0440. The first-order valence-electron chi connectivity index (χ1n) is 3.43. The van der Waals surface area contributed by atoms with E-state index in [0.29, 0.717) is 0 Å². The second-order valence-electron chi connectivity index (χ2n) is 2.20. The number of hydrogen-bond donors (Lipinski definition) is 1. The van der Waals surface area contributed by atoms with Gasteiger partial charge in [-0.05, 0) is 12.1 Å². The largest absolute Gasteiger partial charge is 0.476 e. The van der Waals surface area contributed by atoms with Crippen LogP contribution in [0.3, 0.4) is 0 Å². The lowest BCUT2D eigenvalue weighted by Crippen LogP contribution is -2.11. The molecule has 0 bridgehead atoms. The highest BCUT2D eigenvalue weighted by Gasteiger charge is 2.17. The minimum atomic E-state index is -1.25. The Morgan fingerprint density at radius 2 is 2.23 bits per heavy atom. The Labute approximate surface area is 74.0 Å². The normalized spacial score (nSPS) is 9.31. The molecule has 0 spiro atoms. The first-order chi connectivity index (χ1) is 6.16. The fourth-order valence-corrected chi connectivity index (χ4v) is 0.850. The molecule has 0 aliphatic carbocycles. The molecule has 0 saturated heterocycles. The van der Waals surface area contributed by atoms with Crippen LogP contribution in [0.2, 0.25) is 0 Å². The molecule has 1 aromatic heterocycles. The summed E-state index contributed by atoms with van der Waals surface area (Å²) in [5.74, 6) is -1.95. The lowest BCUT2D eigenvalue weighted by molar-refractivity contribution is 0.0580. The van der Waals surface area contributed by atoms with E-state index in [2.05, 4.69) is 9.72 Å². The number of esters is 1. The van der Waals surface area contributed by atoms with E-state index in [4.69, 9.17) is 5.11 Å². The van der Waals surface area contributed by atoms with Crippen LogP contribution in [0.4, 0.5) is 0 Å². The molecule has 1 N–H and O–H groups in total. The van der Waals surface area contributed by atoms with Gasteiger partial charge in [0.2, 0.25) is 0 Å². The van der Waals surface area contributed by atoms with E-state index in [-0.39, 0.29) is 11.3 Å². The molecule has 0 unspecified atom stereocenters. The number of aromatic nitrogens is 1. The number of carboxylic acids is 1. The summed E-state index contributed by atoms with van der Waals surface area (Å²) < 4.78 is 4.38. The van der Waals surface area contributed by atoms with Gasteiger partial charge in [0.1, 0.15) is 0 Å². The smallest absolute Gasteiger partial charge is 0.355 e. The molecule has 5 heteroatoms. The van der Waals surface area contributed by atoms with Gasteiger partial charge in [-0.25, -0.2) is 14.6 Å². The van der Waals surface area contributed by atoms with E-state index >= 15 is 0 Å². The van der Waals surface area contributed by atoms with Crippen LogP contribution >= 0.6 is 0 Å². The molecular weight excluding hydrogens is 174 g/mol. The molecule has 68 valence electrons. The van der Waals surface area contributed by atoms with Gasteiger partial charge in [0, 0.05) is 6.20 Å². The lowest BCUT2D eigenvalue weighted by Gasteiger charge is -2.01. The third kappa shape index (κ3) is 1.81. The van der Waals surface area contributed by atoms with Crippen molar-refractivity contribution >= 4 is 11.9 Å². The van der Waals surface area contributed by atoms with Crippen molar-refractivity contribution in [3.63, 3.8) is 0 Å². The van der Waals surface area contributed by atoms with Crippen molar-refractivity contribution < 1.29 is 19.4 Å². The Morgan fingerprint density at radius 1 is 1.54 bits per heavy atom. The number of ether oxygens (including phenoxy) is 1. The summed E-state index contributed by atoms with van der Waals surface area (Å²) in [6, 6.07) is 2.82. The number of carbonyl (C=O) groups excluding carboxylic acids is 1. The molecule has 0 amide bonds. The molecule has 5 nitrogen and oxygen atoms in total. The molecule has 0 fully saturated rings. The van der Waals surface area contributed by atoms with Crippen LogP contribution in [0.5, 0.6) is 0 Å². The Morgan fingerprint density at radius 3 is 2.77 bits per heavy atom. The third-order valence-electron chi connectivity index (χ3n) is 1.42. The van der Waals surface area contributed by atoms with Crippen LogP contribution in [0, 0.1) is 0 Å². The van der Waals surface area contributed by atoms with Gasteiger partial charge in [-0.15, -0.1) is 0 Å². The molecule has 0 aliphatic heterocycles. The highest BCUT2D eigenvalue weighted by Crippen LogP contribution is 2.06. The number of pyridine rings is 1. The maximum absolute atomic E-state index is 11.0. The van der Waals surface area contributed by atoms with Crippen LogP contribution in [0.1, 0.15) is 20.8 Å². The SMILES string of the molecule is COC(=O)c1cccnc1C(=O)O. The van der Waals surface area contributed by atoms with Gasteiger partial charge in [-0.1, -0.05) is 0 Å². The summed E-state index contributed by atoms with van der Waals surface area (Å²) in [6.45, 7) is 0. The maximum Gasteiger partial charge on any atom is 0.355 e. The Balaban J connectivity index is 3.19. The quantitative estimate of drug-likeness (QED) is 0.675. The van der Waals surface area contributed by atoms with Gasteiger partial charge < -0.3 is 9.84 Å². The van der Waals surface area contributed by atoms with Crippen molar-refractivity contribution in [1.82, 2.24) is 4.98 Å². The molecule has 1 rings (SSSR count). The average Bonchev–Trinajstić information content (AvgIpc) is 2.16. The van der Waals surface area contributed by atoms with Gasteiger partial charge in [-0.3, -0.25) is 0 Å². The highest BCUT2D eigenvalue weighted by molar-refractivity contribution is 6.00. The van der Waals surface area contributed by atoms with Crippen LogP contribution < -0.4 is 0 Å². The predicted molar refractivity (Wildman–Crippen MR) is 42.5 cm³/mol. The van der Waals surface area contributed by atoms with E-state index in [1.165, 1.54) is 25.4 Å². The fourth-order valence-electron chi connectivity index (χ4n) is 0.850. The molecule has 1 heterocycles. The van der Waals surface area contributed by atoms with Crippen LogP contribution in [-0.2, 0) is 4.74 Å². The zero-order valence-electron chi connectivity index (χ0n) is 6.85. The number of hydrogen-bond acceptors (Lipinski definition) is 4. The molecule has 0 aliphatic rings. The fraction of sp³-hybridized carbons (Fsp3) is 0.125. The van der Waals surface area contributed by atoms with E-state index in [9.17, 15) is 9.59 Å². The zero-order chi connectivity index (χ0) is 9.84. The molecule has 0 saturated carbocycles. The average molecular weight is 181 g/mol. The molecule has 1 aromatic rings. The summed E-state index contributed by atoms with van der Waals surface area (Å²) in [6.07, 6.45) is 1.30. The maximum atomic E-state index is 11.0. The van der Waals surface area contributed by atoms with Crippen LogP contribution in [0.25, 0.3) is 0 Å². The minimum Gasteiger partial charge on any atom is -0.476 e. The lowest BCUT2D eigenvalue weighted by atomic mass is 10.2. The predicted octanol–water partition coefficient (Wildman–Crippen LogP) is 0.566. The first kappa shape index (κ1) is 9.18. The van der Waals surface area contributed by atoms with Gasteiger partial charge >= 0.3 is 11.9 Å². The van der Waals surface area contributed by atoms with E-state index in [1.807, 2.05) is 0 Å². The standard InChI is InChI=1S/C8H7NO4/c1-13-8(12)5-3-2-4-9-6(5)7(10)11/h2-4H,1H3,(H,10,11). The van der Waals surface area contributed by atoms with E-state index in [1.54, 1.807) is 0 Å². The van der Waals surface area contributed by atoms with Crippen molar-refractivity contribution in [1.29, 1.82) is 0 Å². The number of methoxy groups -OCH3 is 1. The molecule has 0 aromatic carbocycles. The zero-order valence-corrected chi connectivity index (χ0v) is 6.85. The van der Waals surface area contributed by atoms with Crippen molar-refractivity contribution in [2.75, 3.05) is 7.11 Å². The first-order valence-corrected chi connectivity index (χ1v) is 3.43. The Kier molecular flexibility index (Phi) is 2.59. The summed E-state index contributed by atoms with van der Waals surface area (Å²) in [5, 5.41) is 8.64. The third-order valence-corrected chi connectivity index (χ3v) is 1.42. The van der Waals surface area contributed by atoms with Gasteiger partial charge in [-0.2, -0.15) is 0 Å². The second kappa shape index (κ2) is 3.66. The summed E-state index contributed by atoms with van der Waals surface area (Å²) in [4.78, 5) is 25.1. The van der Waals surface area contributed by atoms with Crippen LogP contribution in [-0.4, -0.2) is 29.1 Å². The van der Waals surface area contributed by atoms with Crippen molar-refractivity contribution in [2.24, 2.45) is 0 Å². The molecule has 0 atom stereocenters. The number of carboxylic acid groups (broad SMARTS) is 1. The molecular formula is C8H7NO4. The van der Waals surface area contributed by atoms with Crippen molar-refractivity contribution in [3.8, 4) is 0 Å². The van der Waals surface area contributed by atoms with Crippen molar-refractivity contribution in [2.45, 2.75) is 0 Å². The summed E-state index contributed by atoms with van der Waals surface area (Å²) in [5.41, 5.74) is -0.341. The summed E-state index contributed by atoms with van der Waals surface area (Å²) >= 11 is 0. The molecule has 0 radical (unpaired) electrons. The van der Waals surface area contributed by atoms with Gasteiger partial charge in [0.15, 0.2) is 5.69 Å². The van der Waals surface area contributed by atoms with Crippen LogP contribution in [0.15, 0.2) is 18.3 Å². The monoisotopic (exact) mass is 181 g/mol. The number of nitrogens with zero attached hydrogens (tertiary/aromatic N) is 1. The van der Waals surface area contributed by atoms with E-state index in [0.717, 1.165) is 0 Å². The van der Waals surface area contributed by atoms with Gasteiger partial charge in [0.05, 0.1) is 12.7 Å². The highest BCUT2D eigenvalue weighted by atomic mass is 16.5. The number of carbonyl (C=O) groups is 2. The topological polar surface area (TPSA) is 76.5 Å². The second-order valence-corrected chi connectivity index (χ2v) is 2.20. The number of rotatable bonds is 2. The Bertz CT molecular complexity index is 348. The van der Waals surface area contributed by atoms with Gasteiger partial charge in [0.25, 0.3) is 0 Å². The van der Waals surface area contributed by atoms with E-state index < -0.39 is 11.9 Å².